The van der Waals surface area contributed by atoms with Crippen LogP contribution < -0.4 is 4.74 Å². The number of halogens is 7. The molecule has 6 rings (SSSR count). The minimum Gasteiger partial charge on any atom is -0.474 e. The van der Waals surface area contributed by atoms with E-state index >= 15 is 4.79 Å². The van der Waals surface area contributed by atoms with Crippen molar-refractivity contribution in [3.05, 3.63) is 80.3 Å². The molecule has 50 heavy (non-hydrogen) atoms. The third-order valence-corrected chi connectivity index (χ3v) is 11.1. The number of pyridine rings is 1. The van der Waals surface area contributed by atoms with Crippen molar-refractivity contribution in [2.45, 2.75) is 81.9 Å². The summed E-state index contributed by atoms with van der Waals surface area (Å²) in [6.07, 6.45) is -5.26. The molecule has 3 atom stereocenters. The van der Waals surface area contributed by atoms with Gasteiger partial charge in [0, 0.05) is 48.7 Å². The standard InChI is InChI=1S/C35H37ClF6N4O3S/c1-2-7-28-33(49-24-19-29(50-21-24)35(40,41)42,12-6-16-46(28)31(47)30-26(34(37,38)39)8-5-13-43-30)32(48)45-17-11-22-18-23(36)9-10-25(22)27(45)20-44-14-3-4-15-44/h5,8-10,13,18-19,21,27-28H,2-4,6-7,11-12,14-17,20H2,1H3/t27?,28-,33+/m1/s1. The van der Waals surface area contributed by atoms with Gasteiger partial charge in [0.05, 0.1) is 17.6 Å². The number of nitrogens with zero attached hydrogens (tertiary/aromatic N) is 4. The maximum absolute atomic E-state index is 15.4. The van der Waals surface area contributed by atoms with E-state index < -0.39 is 58.0 Å². The van der Waals surface area contributed by atoms with Crippen LogP contribution in [-0.2, 0) is 23.6 Å². The van der Waals surface area contributed by atoms with Crippen molar-refractivity contribution in [1.82, 2.24) is 19.7 Å². The predicted octanol–water partition coefficient (Wildman–Crippen LogP) is 8.28. The number of hydrogen-bond donors (Lipinski definition) is 0. The Balaban J connectivity index is 1.46. The molecule has 3 aliphatic rings. The van der Waals surface area contributed by atoms with E-state index in [1.165, 1.54) is 10.3 Å². The second-order valence-corrected chi connectivity index (χ2v) is 14.4. The molecule has 5 heterocycles. The highest BCUT2D eigenvalue weighted by molar-refractivity contribution is 7.10. The molecular weight excluding hydrogens is 706 g/mol. The zero-order valence-electron chi connectivity index (χ0n) is 27.3. The Kier molecular flexibility index (Phi) is 10.4. The highest BCUT2D eigenvalue weighted by Crippen LogP contribution is 2.44. The topological polar surface area (TPSA) is 66.0 Å². The highest BCUT2D eigenvalue weighted by atomic mass is 35.5. The van der Waals surface area contributed by atoms with Gasteiger partial charge in [-0.1, -0.05) is 31.0 Å². The average molecular weight is 743 g/mol. The number of rotatable bonds is 8. The molecule has 15 heteroatoms. The summed E-state index contributed by atoms with van der Waals surface area (Å²) in [7, 11) is 0. The molecule has 0 bridgehead atoms. The van der Waals surface area contributed by atoms with Crippen molar-refractivity contribution in [2.75, 3.05) is 32.7 Å². The lowest BCUT2D eigenvalue weighted by molar-refractivity contribution is -0.163. The molecule has 3 aliphatic heterocycles. The van der Waals surface area contributed by atoms with Crippen LogP contribution in [0.1, 0.15) is 83.5 Å². The average Bonchev–Trinajstić information content (AvgIpc) is 3.77. The first kappa shape index (κ1) is 36.4. The Bertz CT molecular complexity index is 1710. The number of amides is 2. The van der Waals surface area contributed by atoms with Gasteiger partial charge in [-0.05, 0) is 80.6 Å². The minimum absolute atomic E-state index is 0.00569. The third kappa shape index (κ3) is 7.20. The van der Waals surface area contributed by atoms with Crippen molar-refractivity contribution >= 4 is 34.8 Å². The van der Waals surface area contributed by atoms with E-state index in [0.29, 0.717) is 35.7 Å². The van der Waals surface area contributed by atoms with Gasteiger partial charge in [-0.15, -0.1) is 11.3 Å². The first-order chi connectivity index (χ1) is 23.7. The smallest absolute Gasteiger partial charge is 0.425 e. The number of fused-ring (bicyclic) bond motifs is 1. The number of likely N-dealkylation sites (tertiary alicyclic amines) is 2. The number of thiophene rings is 1. The van der Waals surface area contributed by atoms with Gasteiger partial charge in [-0.2, -0.15) is 26.3 Å². The van der Waals surface area contributed by atoms with Crippen LogP contribution in [0.3, 0.4) is 0 Å². The van der Waals surface area contributed by atoms with E-state index in [4.69, 9.17) is 16.3 Å². The fourth-order valence-electron chi connectivity index (χ4n) is 7.65. The van der Waals surface area contributed by atoms with Gasteiger partial charge in [0.15, 0.2) is 0 Å². The van der Waals surface area contributed by atoms with Gasteiger partial charge in [0.1, 0.15) is 16.3 Å². The van der Waals surface area contributed by atoms with Crippen molar-refractivity contribution in [3.63, 3.8) is 0 Å². The normalized spacial score (nSPS) is 23.2. The fourth-order valence-corrected chi connectivity index (χ4v) is 8.52. The van der Waals surface area contributed by atoms with Crippen molar-refractivity contribution in [1.29, 1.82) is 0 Å². The summed E-state index contributed by atoms with van der Waals surface area (Å²) in [6.45, 7) is 4.23. The highest BCUT2D eigenvalue weighted by Gasteiger charge is 2.57. The molecule has 2 aromatic heterocycles. The number of aromatic nitrogens is 1. The van der Waals surface area contributed by atoms with Gasteiger partial charge >= 0.3 is 12.4 Å². The van der Waals surface area contributed by atoms with E-state index in [2.05, 4.69) is 9.88 Å². The van der Waals surface area contributed by atoms with E-state index in [1.54, 1.807) is 17.9 Å². The Morgan fingerprint density at radius 1 is 1.00 bits per heavy atom. The molecule has 2 amide bonds. The Morgan fingerprint density at radius 3 is 2.44 bits per heavy atom. The quantitative estimate of drug-likeness (QED) is 0.218. The number of hydrogen-bond acceptors (Lipinski definition) is 6. The first-order valence-corrected chi connectivity index (χ1v) is 18.0. The third-order valence-electron chi connectivity index (χ3n) is 9.87. The number of piperidine rings is 1. The molecule has 3 aromatic rings. The Hall–Kier alpha value is -3.36. The summed E-state index contributed by atoms with van der Waals surface area (Å²) in [4.78, 5) is 37.6. The molecule has 0 radical (unpaired) electrons. The molecular formula is C35H37ClF6N4O3S. The van der Waals surface area contributed by atoms with Gasteiger partial charge in [0.25, 0.3) is 11.8 Å². The van der Waals surface area contributed by atoms with Crippen LogP contribution in [0.2, 0.25) is 5.02 Å². The van der Waals surface area contributed by atoms with E-state index in [0.717, 1.165) is 61.5 Å². The van der Waals surface area contributed by atoms with Crippen molar-refractivity contribution < 1.29 is 40.7 Å². The monoisotopic (exact) mass is 742 g/mol. The molecule has 0 saturated carbocycles. The Morgan fingerprint density at radius 2 is 1.76 bits per heavy atom. The lowest BCUT2D eigenvalue weighted by Crippen LogP contribution is -2.69. The van der Waals surface area contributed by atoms with Gasteiger partial charge in [0.2, 0.25) is 5.60 Å². The maximum atomic E-state index is 15.4. The fraction of sp³-hybridized carbons (Fsp3) is 0.514. The van der Waals surface area contributed by atoms with Crippen molar-refractivity contribution in [2.24, 2.45) is 0 Å². The summed E-state index contributed by atoms with van der Waals surface area (Å²) in [6, 6.07) is 6.64. The van der Waals surface area contributed by atoms with Crippen LogP contribution in [0.5, 0.6) is 5.75 Å². The summed E-state index contributed by atoms with van der Waals surface area (Å²) in [5, 5.41) is 1.73. The second-order valence-electron chi connectivity index (χ2n) is 13.1. The van der Waals surface area contributed by atoms with Crippen LogP contribution in [0, 0.1) is 0 Å². The zero-order valence-corrected chi connectivity index (χ0v) is 28.9. The van der Waals surface area contributed by atoms with E-state index in [-0.39, 0.29) is 38.1 Å². The molecule has 1 aromatic carbocycles. The first-order valence-electron chi connectivity index (χ1n) is 16.7. The lowest BCUT2D eigenvalue weighted by atomic mass is 9.78. The largest absolute Gasteiger partial charge is 0.474 e. The van der Waals surface area contributed by atoms with Crippen molar-refractivity contribution in [3.8, 4) is 5.75 Å². The van der Waals surface area contributed by atoms with Crippen LogP contribution in [0.15, 0.2) is 48.0 Å². The molecule has 270 valence electrons. The van der Waals surface area contributed by atoms with Gasteiger partial charge < -0.3 is 19.4 Å². The number of alkyl halides is 6. The Labute approximate surface area is 295 Å². The molecule has 0 aliphatic carbocycles. The number of carbonyl (C=O) groups is 2. The van der Waals surface area contributed by atoms with E-state index in [1.807, 2.05) is 12.1 Å². The molecule has 2 saturated heterocycles. The summed E-state index contributed by atoms with van der Waals surface area (Å²) < 4.78 is 90.0. The van der Waals surface area contributed by atoms with Crippen LogP contribution in [0.4, 0.5) is 26.3 Å². The number of benzene rings is 1. The molecule has 7 nitrogen and oxygen atoms in total. The number of carbonyl (C=O) groups excluding carboxylic acids is 2. The van der Waals surface area contributed by atoms with E-state index in [9.17, 15) is 31.1 Å². The molecule has 0 spiro atoms. The van der Waals surface area contributed by atoms with Gasteiger partial charge in [-0.25, -0.2) is 0 Å². The minimum atomic E-state index is -4.88. The van der Waals surface area contributed by atoms with Crippen LogP contribution in [-0.4, -0.2) is 75.9 Å². The summed E-state index contributed by atoms with van der Waals surface area (Å²) in [5.74, 6) is -1.74. The maximum Gasteiger partial charge on any atom is 0.425 e. The predicted molar refractivity (Wildman–Crippen MR) is 176 cm³/mol. The number of ether oxygens (including phenoxy) is 1. The SMILES string of the molecule is CCC[C@H]1N(C(=O)c2ncccc2C(F)(F)F)CCC[C@@]1(Oc1csc(C(F)(F)F)c1)C(=O)N1CCc2cc(Cl)ccc2C1CN1CCCC1. The van der Waals surface area contributed by atoms with Crippen LogP contribution >= 0.6 is 22.9 Å². The van der Waals surface area contributed by atoms with Gasteiger partial charge in [-0.3, -0.25) is 14.6 Å². The zero-order chi connectivity index (χ0) is 35.8. The molecule has 1 unspecified atom stereocenters. The lowest BCUT2D eigenvalue weighted by Gasteiger charge is -2.51. The molecule has 0 N–H and O–H groups in total. The summed E-state index contributed by atoms with van der Waals surface area (Å²) >= 11 is 6.77. The second kappa shape index (κ2) is 14.3. The van der Waals surface area contributed by atoms with Crippen LogP contribution in [0.25, 0.3) is 0 Å². The molecule has 2 fully saturated rings. The summed E-state index contributed by atoms with van der Waals surface area (Å²) in [5.41, 5.74) is -2.06.